The summed E-state index contributed by atoms with van der Waals surface area (Å²) >= 11 is 1.71. The number of benzene rings is 2. The molecule has 4 nitrogen and oxygen atoms in total. The number of piperidine rings is 1. The lowest BCUT2D eigenvalue weighted by molar-refractivity contribution is -0.535. The zero-order valence-electron chi connectivity index (χ0n) is 17.3. The highest BCUT2D eigenvalue weighted by Crippen LogP contribution is 2.28. The molecule has 0 saturated carbocycles. The number of amidine groups is 1. The third-order valence-electron chi connectivity index (χ3n) is 5.48. The topological polar surface area (TPSA) is 31.0 Å². The van der Waals surface area contributed by atoms with E-state index in [-0.39, 0.29) is 0 Å². The molecule has 1 saturated heterocycles. The summed E-state index contributed by atoms with van der Waals surface area (Å²) in [5, 5.41) is 2.09. The normalized spacial score (nSPS) is 18.3. The van der Waals surface area contributed by atoms with Crippen molar-refractivity contribution in [1.29, 1.82) is 0 Å². The van der Waals surface area contributed by atoms with Crippen molar-refractivity contribution in [2.75, 3.05) is 31.1 Å². The predicted octanol–water partition coefficient (Wildman–Crippen LogP) is 5.35. The van der Waals surface area contributed by atoms with Gasteiger partial charge >= 0.3 is 5.17 Å². The molecule has 2 aromatic carbocycles. The lowest BCUT2D eigenvalue weighted by Crippen LogP contribution is -2.24. The summed E-state index contributed by atoms with van der Waals surface area (Å²) in [4.78, 5) is 12.4. The van der Waals surface area contributed by atoms with Gasteiger partial charge in [0.2, 0.25) is 5.71 Å². The molecule has 0 aliphatic carbocycles. The summed E-state index contributed by atoms with van der Waals surface area (Å²) in [6.07, 6.45) is 3.82. The highest BCUT2D eigenvalue weighted by atomic mass is 32.2. The maximum atomic E-state index is 5.02. The summed E-state index contributed by atoms with van der Waals surface area (Å²) in [5.41, 5.74) is 4.34. The molecule has 0 radical (unpaired) electrons. The summed E-state index contributed by atoms with van der Waals surface area (Å²) in [7, 11) is 0. The fraction of sp³-hybridized carbons (Fsp3) is 0.375. The minimum atomic E-state index is 0.979. The van der Waals surface area contributed by atoms with Gasteiger partial charge in [-0.05, 0) is 62.4 Å². The first-order valence-corrected chi connectivity index (χ1v) is 11.5. The van der Waals surface area contributed by atoms with Crippen LogP contribution < -0.4 is 4.90 Å². The monoisotopic (exact) mass is 405 g/mol. The highest BCUT2D eigenvalue weighted by molar-refractivity contribution is 8.28. The number of anilines is 1. The first kappa shape index (κ1) is 19.9. The Kier molecular flexibility index (Phi) is 6.45. The Labute approximate surface area is 178 Å². The molecule has 0 aromatic heterocycles. The maximum Gasteiger partial charge on any atom is 0.361 e. The van der Waals surface area contributed by atoms with Gasteiger partial charge in [0.15, 0.2) is 5.04 Å². The molecule has 0 N–H and O–H groups in total. The Hall–Kier alpha value is -2.40. The third kappa shape index (κ3) is 4.61. The van der Waals surface area contributed by atoms with Crippen molar-refractivity contribution in [2.24, 2.45) is 9.98 Å². The molecule has 150 valence electrons. The summed E-state index contributed by atoms with van der Waals surface area (Å²) in [6.45, 7) is 8.60. The lowest BCUT2D eigenvalue weighted by Gasteiger charge is -2.20. The summed E-state index contributed by atoms with van der Waals surface area (Å²) < 4.78 is 2.42. The van der Waals surface area contributed by atoms with Gasteiger partial charge in [-0.3, -0.25) is 4.58 Å². The smallest absolute Gasteiger partial charge is 0.361 e. The Morgan fingerprint density at radius 3 is 2.28 bits per heavy atom. The number of thioether (sulfide) groups is 1. The van der Waals surface area contributed by atoms with Crippen molar-refractivity contribution in [1.82, 2.24) is 0 Å². The number of hydrogen-bond acceptors (Lipinski definition) is 3. The molecule has 5 heteroatoms. The van der Waals surface area contributed by atoms with Crippen molar-refractivity contribution < 1.29 is 4.58 Å². The van der Waals surface area contributed by atoms with Gasteiger partial charge in [-0.25, -0.2) is 4.99 Å². The molecule has 0 amide bonds. The maximum absolute atomic E-state index is 5.02. The second kappa shape index (κ2) is 9.40. The molecule has 0 atom stereocenters. The Morgan fingerprint density at radius 1 is 0.931 bits per heavy atom. The zero-order valence-corrected chi connectivity index (χ0v) is 18.2. The number of hydrogen-bond donors (Lipinski definition) is 0. The first-order chi connectivity index (χ1) is 14.3. The van der Waals surface area contributed by atoms with E-state index >= 15 is 0 Å². The first-order valence-electron chi connectivity index (χ1n) is 10.7. The standard InChI is InChI=1S/C24H29N4S/c1-3-27(4-2)21-15-13-20(14-16-21)25-23-22(19-11-7-5-8-12-19)26-24(29-23)28-17-9-6-10-18-28/h5,7-8,11-16H,3-4,6,9-10,17-18H2,1-2H3/q+1. The zero-order chi connectivity index (χ0) is 20.1. The fourth-order valence-electron chi connectivity index (χ4n) is 3.83. The predicted molar refractivity (Wildman–Crippen MR) is 127 cm³/mol. The van der Waals surface area contributed by atoms with Crippen LogP contribution in [0.15, 0.2) is 64.6 Å². The fourth-order valence-corrected chi connectivity index (χ4v) is 4.86. The van der Waals surface area contributed by atoms with Crippen molar-refractivity contribution in [2.45, 2.75) is 33.1 Å². The van der Waals surface area contributed by atoms with Gasteiger partial charge in [0, 0.05) is 36.1 Å². The average molecular weight is 406 g/mol. The number of nitrogens with zero attached hydrogens (tertiary/aromatic N) is 4. The molecule has 2 aliphatic heterocycles. The molecule has 29 heavy (non-hydrogen) atoms. The molecule has 2 aliphatic rings. The molecule has 2 aromatic rings. The Bertz CT molecular complexity index is 917. The van der Waals surface area contributed by atoms with Crippen LogP contribution in [0, 0.1) is 0 Å². The van der Waals surface area contributed by atoms with Crippen molar-refractivity contribution in [3.05, 3.63) is 60.2 Å². The van der Waals surface area contributed by atoms with E-state index in [1.165, 1.54) is 24.9 Å². The minimum absolute atomic E-state index is 0.979. The van der Waals surface area contributed by atoms with Gasteiger partial charge in [0.1, 0.15) is 0 Å². The number of rotatable bonds is 5. The second-order valence-corrected chi connectivity index (χ2v) is 8.32. The largest absolute Gasteiger partial charge is 0.372 e. The highest BCUT2D eigenvalue weighted by Gasteiger charge is 2.34. The van der Waals surface area contributed by atoms with E-state index < -0.39 is 0 Å². The van der Waals surface area contributed by atoms with Gasteiger partial charge in [-0.2, -0.15) is 0 Å². The van der Waals surface area contributed by atoms with Gasteiger partial charge in [0.25, 0.3) is 0 Å². The van der Waals surface area contributed by atoms with E-state index in [9.17, 15) is 0 Å². The number of aliphatic imine (C=N–C) groups is 2. The van der Waals surface area contributed by atoms with E-state index in [0.717, 1.165) is 53.4 Å². The van der Waals surface area contributed by atoms with Crippen LogP contribution in [0.5, 0.6) is 0 Å². The van der Waals surface area contributed by atoms with Crippen LogP contribution in [0.2, 0.25) is 0 Å². The minimum Gasteiger partial charge on any atom is -0.372 e. The Balaban J connectivity index is 1.67. The van der Waals surface area contributed by atoms with Crippen LogP contribution in [0.1, 0.15) is 38.7 Å². The van der Waals surface area contributed by atoms with Crippen LogP contribution in [0.3, 0.4) is 0 Å². The summed E-state index contributed by atoms with van der Waals surface area (Å²) in [5.74, 6) is 0. The van der Waals surface area contributed by atoms with Crippen LogP contribution in [-0.2, 0) is 0 Å². The Morgan fingerprint density at radius 2 is 1.62 bits per heavy atom. The van der Waals surface area contributed by atoms with Crippen molar-refractivity contribution >= 4 is 39.1 Å². The van der Waals surface area contributed by atoms with Gasteiger partial charge in [0.05, 0.1) is 18.8 Å². The average Bonchev–Trinajstić information content (AvgIpc) is 3.21. The quantitative estimate of drug-likeness (QED) is 0.628. The van der Waals surface area contributed by atoms with E-state index in [0.29, 0.717) is 0 Å². The molecular formula is C24H29N4S+. The molecule has 0 unspecified atom stereocenters. The molecular weight excluding hydrogens is 376 g/mol. The SMILES string of the molecule is CCN(CC)c1ccc(N=C2SC(=[N+]3CCCCC3)N=C2c2ccccc2)cc1. The van der Waals surface area contributed by atoms with E-state index in [4.69, 9.17) is 9.98 Å². The van der Waals surface area contributed by atoms with E-state index in [2.05, 4.69) is 71.9 Å². The van der Waals surface area contributed by atoms with Gasteiger partial charge in [-0.15, -0.1) is 0 Å². The molecule has 0 spiro atoms. The molecule has 0 bridgehead atoms. The van der Waals surface area contributed by atoms with Crippen LogP contribution >= 0.6 is 11.8 Å². The molecule has 4 rings (SSSR count). The van der Waals surface area contributed by atoms with Crippen molar-refractivity contribution in [3.63, 3.8) is 0 Å². The molecule has 2 heterocycles. The third-order valence-corrected chi connectivity index (χ3v) is 6.49. The van der Waals surface area contributed by atoms with E-state index in [1.54, 1.807) is 11.8 Å². The van der Waals surface area contributed by atoms with Gasteiger partial charge < -0.3 is 4.90 Å². The van der Waals surface area contributed by atoms with Gasteiger partial charge in [-0.1, -0.05) is 30.3 Å². The molecule has 1 fully saturated rings. The summed E-state index contributed by atoms with van der Waals surface area (Å²) in [6, 6.07) is 19.0. The second-order valence-electron chi connectivity index (χ2n) is 7.36. The van der Waals surface area contributed by atoms with Crippen molar-refractivity contribution in [3.8, 4) is 0 Å². The van der Waals surface area contributed by atoms with Crippen LogP contribution in [-0.4, -0.2) is 46.7 Å². The van der Waals surface area contributed by atoms with Crippen LogP contribution in [0.4, 0.5) is 11.4 Å². The lowest BCUT2D eigenvalue weighted by atomic mass is 10.1. The van der Waals surface area contributed by atoms with Crippen LogP contribution in [0.25, 0.3) is 0 Å². The van der Waals surface area contributed by atoms with E-state index in [1.807, 2.05) is 6.07 Å².